The van der Waals surface area contributed by atoms with Gasteiger partial charge in [-0.1, -0.05) is 86.1 Å². The average Bonchev–Trinajstić information content (AvgIpc) is 3.38. The summed E-state index contributed by atoms with van der Waals surface area (Å²) in [6.45, 7) is 22.5. The van der Waals surface area contributed by atoms with Crippen molar-refractivity contribution >= 4 is 23.6 Å². The molecule has 37 heavy (non-hydrogen) atoms. The highest BCUT2D eigenvalue weighted by Crippen LogP contribution is 2.27. The Bertz CT molecular complexity index is 888. The molecule has 1 aliphatic rings. The van der Waals surface area contributed by atoms with Gasteiger partial charge in [-0.25, -0.2) is 0 Å². The largest absolute Gasteiger partial charge is 0.348 e. The Morgan fingerprint density at radius 2 is 1.76 bits per heavy atom. The Hall–Kier alpha value is -2.47. The normalized spacial score (nSPS) is 17.6. The zero-order valence-electron chi connectivity index (χ0n) is 25.4. The lowest BCUT2D eigenvalue weighted by Gasteiger charge is -2.33. The van der Waals surface area contributed by atoms with Gasteiger partial charge in [0.2, 0.25) is 11.8 Å². The molecule has 6 nitrogen and oxygen atoms in total. The Balaban J connectivity index is 0. The van der Waals surface area contributed by atoms with Crippen molar-refractivity contribution in [2.24, 2.45) is 16.1 Å². The van der Waals surface area contributed by atoms with Gasteiger partial charge in [-0.05, 0) is 62.1 Å². The number of rotatable bonds is 8. The minimum Gasteiger partial charge on any atom is -0.348 e. The Labute approximate surface area is 228 Å². The van der Waals surface area contributed by atoms with Gasteiger partial charge >= 0.3 is 0 Å². The Morgan fingerprint density at radius 1 is 1.19 bits per heavy atom. The Kier molecular flexibility index (Phi) is 16.0. The van der Waals surface area contributed by atoms with E-state index in [0.29, 0.717) is 13.0 Å². The summed E-state index contributed by atoms with van der Waals surface area (Å²) in [5, 5.41) is 3.11. The molecule has 2 amide bonds. The minimum atomic E-state index is -0.623. The van der Waals surface area contributed by atoms with Gasteiger partial charge in [0.25, 0.3) is 0 Å². The fourth-order valence-electron chi connectivity index (χ4n) is 4.27. The predicted octanol–water partition coefficient (Wildman–Crippen LogP) is 7.15. The molecule has 1 heterocycles. The predicted molar refractivity (Wildman–Crippen MR) is 162 cm³/mol. The van der Waals surface area contributed by atoms with Gasteiger partial charge in [0.05, 0.1) is 12.1 Å². The molecule has 2 rings (SSSR count). The van der Waals surface area contributed by atoms with Crippen LogP contribution in [0.3, 0.4) is 0 Å². The molecular weight excluding hydrogens is 460 g/mol. The van der Waals surface area contributed by atoms with Crippen molar-refractivity contribution in [2.45, 2.75) is 120 Å². The monoisotopic (exact) mass is 516 g/mol. The lowest BCUT2D eigenvalue weighted by Crippen LogP contribution is -2.55. The summed E-state index contributed by atoms with van der Waals surface area (Å²) in [4.78, 5) is 32.1. The molecule has 3 N–H and O–H groups in total. The Morgan fingerprint density at radius 3 is 2.24 bits per heavy atom. The molecule has 0 aliphatic carbocycles. The number of carbonyl (C=O) groups is 2. The molecule has 0 radical (unpaired) electrons. The smallest absolute Gasteiger partial charge is 0.243 e. The number of hydrogen-bond acceptors (Lipinski definition) is 4. The fourth-order valence-corrected chi connectivity index (χ4v) is 4.27. The molecule has 1 aliphatic heterocycles. The third kappa shape index (κ3) is 10.1. The fraction of sp³-hybridized carbons (Fsp3) is 0.645. The van der Waals surface area contributed by atoms with Crippen molar-refractivity contribution in [1.82, 2.24) is 10.2 Å². The van der Waals surface area contributed by atoms with Crippen LogP contribution in [0.15, 0.2) is 35.0 Å². The first-order chi connectivity index (χ1) is 17.5. The maximum Gasteiger partial charge on any atom is 0.243 e. The van der Waals surface area contributed by atoms with E-state index in [2.05, 4.69) is 41.5 Å². The minimum absolute atomic E-state index is 0. The number of likely N-dealkylation sites (tertiary alicyclic amines) is 1. The number of nitrogens with zero attached hydrogens (tertiary/aromatic N) is 2. The van der Waals surface area contributed by atoms with Crippen molar-refractivity contribution in [3.05, 3.63) is 41.1 Å². The lowest BCUT2D eigenvalue weighted by atomic mass is 9.86. The maximum atomic E-state index is 13.1. The summed E-state index contributed by atoms with van der Waals surface area (Å²) in [5.74, 6) is -0.254. The molecule has 3 atom stereocenters. The van der Waals surface area contributed by atoms with Gasteiger partial charge in [0.15, 0.2) is 0 Å². The standard InChI is InChI=1S/C27H42N4O2.2C2H6.H2/c1-8-11-22(19(4)29-9-2)21-15-13-20(14-16-21)18(3)30-25(32)23-12-10-17-31(23)26(33)24(28)27(5,6)7;2*1-2;/h9,13-16,18,23-24H,8,10-12,17,28H2,1-7H3,(H,30,32);2*1-2H3;1H/b22-19+,29-9?;;;. The highest BCUT2D eigenvalue weighted by Gasteiger charge is 2.39. The molecule has 212 valence electrons. The van der Waals surface area contributed by atoms with Crippen molar-refractivity contribution in [3.63, 3.8) is 0 Å². The van der Waals surface area contributed by atoms with Gasteiger partial charge in [0.1, 0.15) is 6.04 Å². The van der Waals surface area contributed by atoms with Crippen LogP contribution in [0.2, 0.25) is 0 Å². The van der Waals surface area contributed by atoms with E-state index in [1.165, 1.54) is 5.57 Å². The van der Waals surface area contributed by atoms with Crippen LogP contribution >= 0.6 is 0 Å². The van der Waals surface area contributed by atoms with Gasteiger partial charge in [-0.15, -0.1) is 0 Å². The van der Waals surface area contributed by atoms with Crippen LogP contribution in [-0.2, 0) is 9.59 Å². The van der Waals surface area contributed by atoms with E-state index in [0.717, 1.165) is 36.1 Å². The number of aliphatic imine (C=N–C) groups is 1. The first-order valence-electron chi connectivity index (χ1n) is 14.2. The van der Waals surface area contributed by atoms with E-state index in [-0.39, 0.29) is 24.7 Å². The van der Waals surface area contributed by atoms with Crippen LogP contribution in [0.4, 0.5) is 0 Å². The summed E-state index contributed by atoms with van der Waals surface area (Å²) in [7, 11) is 0. The van der Waals surface area contributed by atoms with Crippen LogP contribution in [0, 0.1) is 5.41 Å². The number of nitrogens with two attached hydrogens (primary N) is 1. The molecule has 0 saturated carbocycles. The van der Waals surface area contributed by atoms with Crippen molar-refractivity contribution in [3.8, 4) is 0 Å². The van der Waals surface area contributed by atoms with E-state index in [9.17, 15) is 9.59 Å². The number of nitrogens with one attached hydrogen (secondary N) is 1. The van der Waals surface area contributed by atoms with Crippen LogP contribution in [0.25, 0.3) is 5.57 Å². The van der Waals surface area contributed by atoms with Crippen LogP contribution in [-0.4, -0.2) is 41.6 Å². The van der Waals surface area contributed by atoms with Gasteiger partial charge < -0.3 is 16.0 Å². The summed E-state index contributed by atoms with van der Waals surface area (Å²) in [6, 6.07) is 7.09. The molecule has 1 aromatic rings. The number of hydrogen-bond donors (Lipinski definition) is 2. The summed E-state index contributed by atoms with van der Waals surface area (Å²) < 4.78 is 0. The third-order valence-electron chi connectivity index (χ3n) is 6.41. The van der Waals surface area contributed by atoms with E-state index >= 15 is 0 Å². The third-order valence-corrected chi connectivity index (χ3v) is 6.41. The molecule has 1 fully saturated rings. The molecular formula is C31H56N4O2. The van der Waals surface area contributed by atoms with Crippen molar-refractivity contribution < 1.29 is 11.0 Å². The lowest BCUT2D eigenvalue weighted by molar-refractivity contribution is -0.141. The summed E-state index contributed by atoms with van der Waals surface area (Å²) in [5.41, 5.74) is 10.3. The quantitative estimate of drug-likeness (QED) is 0.360. The zero-order chi connectivity index (χ0) is 28.8. The second-order valence-corrected chi connectivity index (χ2v) is 10.1. The first-order valence-corrected chi connectivity index (χ1v) is 14.2. The maximum absolute atomic E-state index is 13.1. The molecule has 0 aromatic heterocycles. The summed E-state index contributed by atoms with van der Waals surface area (Å²) >= 11 is 0. The molecule has 0 bridgehead atoms. The molecule has 1 aromatic carbocycles. The van der Waals surface area contributed by atoms with Crippen molar-refractivity contribution in [1.29, 1.82) is 0 Å². The number of amides is 2. The molecule has 3 unspecified atom stereocenters. The number of carbonyl (C=O) groups excluding carboxylic acids is 2. The van der Waals surface area contributed by atoms with E-state index in [1.54, 1.807) is 4.90 Å². The molecule has 6 heteroatoms. The van der Waals surface area contributed by atoms with Crippen LogP contribution < -0.4 is 11.1 Å². The van der Waals surface area contributed by atoms with Crippen LogP contribution in [0.5, 0.6) is 0 Å². The highest BCUT2D eigenvalue weighted by molar-refractivity contribution is 5.90. The van der Waals surface area contributed by atoms with E-state index < -0.39 is 12.1 Å². The highest BCUT2D eigenvalue weighted by atomic mass is 16.2. The number of allylic oxidation sites excluding steroid dienone is 2. The number of benzene rings is 1. The molecule has 0 spiro atoms. The molecule has 1 saturated heterocycles. The van der Waals surface area contributed by atoms with Gasteiger partial charge in [-0.3, -0.25) is 14.6 Å². The van der Waals surface area contributed by atoms with E-state index in [4.69, 9.17) is 5.73 Å². The zero-order valence-corrected chi connectivity index (χ0v) is 25.4. The van der Waals surface area contributed by atoms with Gasteiger partial charge in [-0.2, -0.15) is 0 Å². The van der Waals surface area contributed by atoms with E-state index in [1.807, 2.05) is 75.5 Å². The second-order valence-electron chi connectivity index (χ2n) is 10.1. The van der Waals surface area contributed by atoms with Crippen molar-refractivity contribution in [2.75, 3.05) is 6.54 Å². The first kappa shape index (κ1) is 34.5. The van der Waals surface area contributed by atoms with Gasteiger partial charge in [0, 0.05) is 19.9 Å². The van der Waals surface area contributed by atoms with Crippen LogP contribution in [0.1, 0.15) is 120 Å². The summed E-state index contributed by atoms with van der Waals surface area (Å²) in [6.07, 6.45) is 5.33. The second kappa shape index (κ2) is 17.1. The average molecular weight is 517 g/mol. The SMILES string of the molecule is CC.CC.CC=N/C(C)=C(\CCC)c1ccc(C(C)NC(=O)C2CCCN2C(=O)C(N)C(C)(C)C)cc1.[HH]. The topological polar surface area (TPSA) is 87.8 Å².